The summed E-state index contributed by atoms with van der Waals surface area (Å²) < 4.78 is 10.7. The van der Waals surface area contributed by atoms with Crippen molar-refractivity contribution < 1.29 is 19.4 Å². The molecule has 19 heavy (non-hydrogen) atoms. The van der Waals surface area contributed by atoms with Gasteiger partial charge in [-0.1, -0.05) is 18.2 Å². The molecule has 1 aromatic carbocycles. The number of pyridine rings is 1. The number of nitrogens with zero attached hydrogens (tertiary/aromatic N) is 1. The molecule has 1 aliphatic heterocycles. The number of methoxy groups -OCH3 is 1. The quantitative estimate of drug-likeness (QED) is 0.891. The first kappa shape index (κ1) is 11.9. The lowest BCUT2D eigenvalue weighted by Crippen LogP contribution is -2.39. The van der Waals surface area contributed by atoms with Crippen molar-refractivity contribution in [3.8, 4) is 5.75 Å². The summed E-state index contributed by atoms with van der Waals surface area (Å²) in [4.78, 5) is 15.6. The lowest BCUT2D eigenvalue weighted by atomic mass is 9.93. The zero-order valence-electron chi connectivity index (χ0n) is 10.4. The molecule has 0 fully saturated rings. The first-order valence-electron chi connectivity index (χ1n) is 5.99. The average molecular weight is 259 g/mol. The Balaban J connectivity index is 2.13. The third-order valence-electron chi connectivity index (χ3n) is 3.39. The topological polar surface area (TPSA) is 68.7 Å². The van der Waals surface area contributed by atoms with E-state index in [1.165, 1.54) is 7.11 Å². The van der Waals surface area contributed by atoms with Crippen LogP contribution < -0.4 is 4.74 Å². The Morgan fingerprint density at radius 2 is 2.26 bits per heavy atom. The third kappa shape index (κ3) is 1.92. The first-order valence-corrected chi connectivity index (χ1v) is 5.99. The molecular weight excluding hydrogens is 246 g/mol. The first-order chi connectivity index (χ1) is 9.20. The number of hydrogen-bond donors (Lipinski definition) is 1. The van der Waals surface area contributed by atoms with Crippen LogP contribution in [0.25, 0.3) is 10.9 Å². The normalized spacial score (nSPS) is 21.7. The van der Waals surface area contributed by atoms with Gasteiger partial charge in [0.15, 0.2) is 0 Å². The Labute approximate surface area is 109 Å². The maximum Gasteiger partial charge on any atom is 0.313 e. The number of carbonyl (C=O) groups is 1. The van der Waals surface area contributed by atoms with Crippen molar-refractivity contribution in [2.45, 2.75) is 12.7 Å². The van der Waals surface area contributed by atoms with Gasteiger partial charge in [-0.05, 0) is 12.5 Å². The van der Waals surface area contributed by atoms with Crippen molar-refractivity contribution in [2.75, 3.05) is 7.11 Å². The van der Waals surface area contributed by atoms with E-state index in [2.05, 4.69) is 4.98 Å². The second-order valence-electron chi connectivity index (χ2n) is 4.49. The molecule has 5 heteroatoms. The summed E-state index contributed by atoms with van der Waals surface area (Å²) in [6, 6.07) is 7.63. The van der Waals surface area contributed by atoms with Gasteiger partial charge < -0.3 is 14.6 Å². The molecule has 0 saturated carbocycles. The van der Waals surface area contributed by atoms with E-state index in [1.807, 2.05) is 24.3 Å². The highest BCUT2D eigenvalue weighted by Crippen LogP contribution is 2.35. The van der Waals surface area contributed by atoms with Crippen LogP contribution in [-0.2, 0) is 16.0 Å². The standard InChI is InChI=1S/C14H13NO4/c1-18-14-10(13(16)17)6-9-8-4-2-3-5-11(8)15-7-12(9)19-14/h2-5,7,10,14H,6H2,1H3,(H,16,17). The maximum absolute atomic E-state index is 11.3. The summed E-state index contributed by atoms with van der Waals surface area (Å²) in [5.41, 5.74) is 1.72. The summed E-state index contributed by atoms with van der Waals surface area (Å²) in [5, 5.41) is 10.2. The van der Waals surface area contributed by atoms with Crippen LogP contribution >= 0.6 is 0 Å². The van der Waals surface area contributed by atoms with Gasteiger partial charge in [-0.2, -0.15) is 0 Å². The maximum atomic E-state index is 11.3. The van der Waals surface area contributed by atoms with E-state index in [0.717, 1.165) is 16.5 Å². The van der Waals surface area contributed by atoms with Crippen molar-refractivity contribution in [1.82, 2.24) is 4.98 Å². The van der Waals surface area contributed by atoms with Gasteiger partial charge in [0.1, 0.15) is 11.7 Å². The number of aliphatic carboxylic acids is 1. The highest BCUT2D eigenvalue weighted by atomic mass is 16.7. The van der Waals surface area contributed by atoms with Crippen LogP contribution in [0.4, 0.5) is 0 Å². The van der Waals surface area contributed by atoms with E-state index < -0.39 is 18.2 Å². The molecule has 3 rings (SSSR count). The van der Waals surface area contributed by atoms with Gasteiger partial charge >= 0.3 is 5.97 Å². The van der Waals surface area contributed by atoms with Gasteiger partial charge in [-0.3, -0.25) is 9.78 Å². The van der Waals surface area contributed by atoms with Crippen molar-refractivity contribution in [1.29, 1.82) is 0 Å². The van der Waals surface area contributed by atoms with E-state index in [9.17, 15) is 9.90 Å². The zero-order valence-corrected chi connectivity index (χ0v) is 10.4. The molecule has 1 N–H and O–H groups in total. The van der Waals surface area contributed by atoms with E-state index in [1.54, 1.807) is 6.20 Å². The number of aromatic nitrogens is 1. The van der Waals surface area contributed by atoms with Crippen molar-refractivity contribution in [2.24, 2.45) is 5.92 Å². The molecule has 1 aliphatic rings. The van der Waals surface area contributed by atoms with Gasteiger partial charge in [-0.25, -0.2) is 0 Å². The summed E-state index contributed by atoms with van der Waals surface area (Å²) in [5.74, 6) is -1.02. The second-order valence-corrected chi connectivity index (χ2v) is 4.49. The number of carboxylic acid groups (broad SMARTS) is 1. The lowest BCUT2D eigenvalue weighted by Gasteiger charge is -2.30. The van der Waals surface area contributed by atoms with Gasteiger partial charge in [0.2, 0.25) is 6.29 Å². The summed E-state index contributed by atoms with van der Waals surface area (Å²) in [6.07, 6.45) is 1.24. The molecule has 98 valence electrons. The molecule has 0 saturated heterocycles. The predicted molar refractivity (Wildman–Crippen MR) is 68.0 cm³/mol. The molecule has 2 unspecified atom stereocenters. The molecule has 0 bridgehead atoms. The molecule has 5 nitrogen and oxygen atoms in total. The third-order valence-corrected chi connectivity index (χ3v) is 3.39. The zero-order chi connectivity index (χ0) is 13.4. The van der Waals surface area contributed by atoms with Crippen LogP contribution in [0.5, 0.6) is 5.75 Å². The Morgan fingerprint density at radius 1 is 1.47 bits per heavy atom. The molecule has 2 heterocycles. The Hall–Kier alpha value is -2.14. The van der Waals surface area contributed by atoms with E-state index in [-0.39, 0.29) is 0 Å². The van der Waals surface area contributed by atoms with Crippen molar-refractivity contribution in [3.05, 3.63) is 36.0 Å². The van der Waals surface area contributed by atoms with Gasteiger partial charge in [0.25, 0.3) is 0 Å². The number of ether oxygens (including phenoxy) is 2. The fourth-order valence-electron chi connectivity index (χ4n) is 2.43. The highest BCUT2D eigenvalue weighted by molar-refractivity contribution is 5.85. The molecule has 0 spiro atoms. The van der Waals surface area contributed by atoms with E-state index in [4.69, 9.17) is 9.47 Å². The molecular formula is C14H13NO4. The second kappa shape index (κ2) is 4.51. The van der Waals surface area contributed by atoms with Crippen LogP contribution in [0.1, 0.15) is 5.56 Å². The van der Waals surface area contributed by atoms with Gasteiger partial charge in [0.05, 0.1) is 11.7 Å². The highest BCUT2D eigenvalue weighted by Gasteiger charge is 2.36. The Kier molecular flexibility index (Phi) is 2.83. The smallest absolute Gasteiger partial charge is 0.313 e. The molecule has 2 atom stereocenters. The van der Waals surface area contributed by atoms with E-state index in [0.29, 0.717) is 12.2 Å². The molecule has 1 aromatic heterocycles. The van der Waals surface area contributed by atoms with Crippen LogP contribution in [-0.4, -0.2) is 29.5 Å². The minimum Gasteiger partial charge on any atom is -0.481 e. The summed E-state index contributed by atoms with van der Waals surface area (Å²) in [6.45, 7) is 0. The molecule has 0 amide bonds. The van der Waals surface area contributed by atoms with Gasteiger partial charge in [0, 0.05) is 18.1 Å². The number of carboxylic acids is 1. The summed E-state index contributed by atoms with van der Waals surface area (Å²) >= 11 is 0. The van der Waals surface area contributed by atoms with Crippen LogP contribution in [0, 0.1) is 5.92 Å². The number of hydrogen-bond acceptors (Lipinski definition) is 4. The minimum atomic E-state index is -0.918. The SMILES string of the molecule is COC1Oc2cnc3ccccc3c2CC1C(=O)O. The van der Waals surface area contributed by atoms with E-state index >= 15 is 0 Å². The number of para-hydroxylation sites is 1. The van der Waals surface area contributed by atoms with Crippen LogP contribution in [0.15, 0.2) is 30.5 Å². The fourth-order valence-corrected chi connectivity index (χ4v) is 2.43. The minimum absolute atomic E-state index is 0.381. The largest absolute Gasteiger partial charge is 0.481 e. The lowest BCUT2D eigenvalue weighted by molar-refractivity contribution is -0.161. The Bertz CT molecular complexity index is 640. The Morgan fingerprint density at radius 3 is 3.00 bits per heavy atom. The number of fused-ring (bicyclic) bond motifs is 3. The van der Waals surface area contributed by atoms with Crippen LogP contribution in [0.2, 0.25) is 0 Å². The monoisotopic (exact) mass is 259 g/mol. The summed E-state index contributed by atoms with van der Waals surface area (Å²) in [7, 11) is 1.44. The predicted octanol–water partition coefficient (Wildman–Crippen LogP) is 1.84. The van der Waals surface area contributed by atoms with Crippen LogP contribution in [0.3, 0.4) is 0 Å². The number of rotatable bonds is 2. The molecule has 0 radical (unpaired) electrons. The van der Waals surface area contributed by atoms with Crippen molar-refractivity contribution in [3.63, 3.8) is 0 Å². The fraction of sp³-hybridized carbons (Fsp3) is 0.286. The molecule has 2 aromatic rings. The number of benzene rings is 1. The van der Waals surface area contributed by atoms with Crippen molar-refractivity contribution >= 4 is 16.9 Å². The average Bonchev–Trinajstić information content (AvgIpc) is 2.45. The van der Waals surface area contributed by atoms with Gasteiger partial charge in [-0.15, -0.1) is 0 Å². The molecule has 0 aliphatic carbocycles.